The van der Waals surface area contributed by atoms with Gasteiger partial charge >= 0.3 is 6.03 Å². The first-order chi connectivity index (χ1) is 11.7. The third-order valence-electron chi connectivity index (χ3n) is 3.73. The molecule has 2 amide bonds. The van der Waals surface area contributed by atoms with E-state index in [0.29, 0.717) is 19.8 Å². The summed E-state index contributed by atoms with van der Waals surface area (Å²) in [5, 5.41) is 9.77. The summed E-state index contributed by atoms with van der Waals surface area (Å²) in [5.74, 6) is 1.47. The first-order valence-electron chi connectivity index (χ1n) is 7.99. The molecule has 8 heteroatoms. The van der Waals surface area contributed by atoms with Gasteiger partial charge in [-0.2, -0.15) is 5.10 Å². The van der Waals surface area contributed by atoms with Crippen LogP contribution < -0.4 is 20.1 Å². The lowest BCUT2D eigenvalue weighted by molar-refractivity contribution is 0.171. The molecular weight excluding hydrogens is 310 g/mol. The molecule has 3 rings (SSSR count). The van der Waals surface area contributed by atoms with Gasteiger partial charge in [0.15, 0.2) is 11.5 Å². The molecule has 2 aromatic rings. The van der Waals surface area contributed by atoms with Gasteiger partial charge in [-0.25, -0.2) is 9.78 Å². The van der Waals surface area contributed by atoms with Crippen LogP contribution in [-0.2, 0) is 6.54 Å². The highest BCUT2D eigenvalue weighted by atomic mass is 16.6. The number of urea groups is 1. The standard InChI is InChI=1S/C16H21N5O3/c1-12(13-3-4-14-15(9-13)24-8-7-23-14)20-16(22)18-5-2-6-21-11-17-10-19-21/h3-4,9-12H,2,5-8H2,1H3,(H2,18,20,22). The fourth-order valence-corrected chi connectivity index (χ4v) is 2.45. The molecule has 0 saturated carbocycles. The van der Waals surface area contributed by atoms with Crippen LogP contribution in [0.25, 0.3) is 0 Å². The number of hydrogen-bond donors (Lipinski definition) is 2. The average molecular weight is 331 g/mol. The van der Waals surface area contributed by atoms with Crippen molar-refractivity contribution in [2.24, 2.45) is 0 Å². The summed E-state index contributed by atoms with van der Waals surface area (Å²) in [7, 11) is 0. The van der Waals surface area contributed by atoms with Crippen LogP contribution in [-0.4, -0.2) is 40.6 Å². The molecule has 1 unspecified atom stereocenters. The number of rotatable bonds is 6. The van der Waals surface area contributed by atoms with E-state index in [1.54, 1.807) is 11.0 Å². The maximum absolute atomic E-state index is 12.0. The van der Waals surface area contributed by atoms with Crippen LogP contribution in [0.5, 0.6) is 11.5 Å². The fraction of sp³-hybridized carbons (Fsp3) is 0.438. The van der Waals surface area contributed by atoms with Crippen molar-refractivity contribution in [2.45, 2.75) is 25.9 Å². The van der Waals surface area contributed by atoms with Crippen molar-refractivity contribution in [3.8, 4) is 11.5 Å². The lowest BCUT2D eigenvalue weighted by Crippen LogP contribution is -2.37. The molecule has 1 aromatic carbocycles. The van der Waals surface area contributed by atoms with Crippen LogP contribution in [0, 0.1) is 0 Å². The summed E-state index contributed by atoms with van der Waals surface area (Å²) >= 11 is 0. The molecule has 0 bridgehead atoms. The molecule has 8 nitrogen and oxygen atoms in total. The predicted molar refractivity (Wildman–Crippen MR) is 87.0 cm³/mol. The first kappa shape index (κ1) is 16.1. The highest BCUT2D eigenvalue weighted by Gasteiger charge is 2.15. The normalized spacial score (nSPS) is 14.0. The molecule has 0 fully saturated rings. The van der Waals surface area contributed by atoms with Gasteiger partial charge in [-0.15, -0.1) is 0 Å². The summed E-state index contributed by atoms with van der Waals surface area (Å²) < 4.78 is 12.8. The van der Waals surface area contributed by atoms with E-state index in [-0.39, 0.29) is 12.1 Å². The topological polar surface area (TPSA) is 90.3 Å². The molecule has 1 aliphatic rings. The van der Waals surface area contributed by atoms with E-state index in [1.807, 2.05) is 25.1 Å². The van der Waals surface area contributed by atoms with Crippen molar-refractivity contribution < 1.29 is 14.3 Å². The Balaban J connectivity index is 1.43. The van der Waals surface area contributed by atoms with Gasteiger partial charge in [0.1, 0.15) is 25.9 Å². The number of aromatic nitrogens is 3. The second-order valence-electron chi connectivity index (χ2n) is 5.54. The van der Waals surface area contributed by atoms with Gasteiger partial charge in [-0.05, 0) is 31.0 Å². The minimum Gasteiger partial charge on any atom is -0.486 e. The van der Waals surface area contributed by atoms with E-state index in [2.05, 4.69) is 20.7 Å². The number of ether oxygens (including phenoxy) is 2. The lowest BCUT2D eigenvalue weighted by atomic mass is 10.1. The number of nitrogens with zero attached hydrogens (tertiary/aromatic N) is 3. The Hall–Kier alpha value is -2.77. The van der Waals surface area contributed by atoms with Crippen molar-refractivity contribution in [2.75, 3.05) is 19.8 Å². The van der Waals surface area contributed by atoms with E-state index in [9.17, 15) is 4.79 Å². The maximum Gasteiger partial charge on any atom is 0.315 e. The first-order valence-corrected chi connectivity index (χ1v) is 7.99. The van der Waals surface area contributed by atoms with Gasteiger partial charge in [0.25, 0.3) is 0 Å². The minimum atomic E-state index is -0.198. The highest BCUT2D eigenvalue weighted by Crippen LogP contribution is 2.32. The van der Waals surface area contributed by atoms with E-state index in [0.717, 1.165) is 30.0 Å². The maximum atomic E-state index is 12.0. The smallest absolute Gasteiger partial charge is 0.315 e. The van der Waals surface area contributed by atoms with Crippen molar-refractivity contribution in [3.05, 3.63) is 36.4 Å². The molecule has 0 saturated heterocycles. The van der Waals surface area contributed by atoms with Crippen molar-refractivity contribution in [1.82, 2.24) is 25.4 Å². The third kappa shape index (κ3) is 4.15. The van der Waals surface area contributed by atoms with Gasteiger partial charge in [0.05, 0.1) is 6.04 Å². The minimum absolute atomic E-state index is 0.129. The Morgan fingerprint density at radius 3 is 2.96 bits per heavy atom. The zero-order chi connectivity index (χ0) is 16.8. The molecule has 2 N–H and O–H groups in total. The molecule has 1 aliphatic heterocycles. The second-order valence-corrected chi connectivity index (χ2v) is 5.54. The van der Waals surface area contributed by atoms with Crippen molar-refractivity contribution >= 4 is 6.03 Å². The summed E-state index contributed by atoms with van der Waals surface area (Å²) in [6.45, 7) is 4.33. The fourth-order valence-electron chi connectivity index (χ4n) is 2.45. The Morgan fingerprint density at radius 2 is 2.17 bits per heavy atom. The summed E-state index contributed by atoms with van der Waals surface area (Å²) in [4.78, 5) is 15.8. The number of fused-ring (bicyclic) bond motifs is 1. The number of carbonyl (C=O) groups excluding carboxylic acids is 1. The molecule has 0 spiro atoms. The molecule has 2 heterocycles. The van der Waals surface area contributed by atoms with Gasteiger partial charge < -0.3 is 20.1 Å². The number of carbonyl (C=O) groups is 1. The quantitative estimate of drug-likeness (QED) is 0.783. The number of aryl methyl sites for hydroxylation is 1. The number of nitrogens with one attached hydrogen (secondary N) is 2. The van der Waals surface area contributed by atoms with E-state index >= 15 is 0 Å². The van der Waals surface area contributed by atoms with Crippen LogP contribution in [0.4, 0.5) is 4.79 Å². The van der Waals surface area contributed by atoms with Crippen LogP contribution in [0.15, 0.2) is 30.9 Å². The molecule has 128 valence electrons. The van der Waals surface area contributed by atoms with Crippen LogP contribution in [0.2, 0.25) is 0 Å². The number of benzene rings is 1. The van der Waals surface area contributed by atoms with Crippen LogP contribution >= 0.6 is 0 Å². The molecule has 1 atom stereocenters. The van der Waals surface area contributed by atoms with Gasteiger partial charge in [-0.1, -0.05) is 6.07 Å². The molecular formula is C16H21N5O3. The Bertz CT molecular complexity index is 674. The molecule has 0 aliphatic carbocycles. The van der Waals surface area contributed by atoms with Gasteiger partial charge in [0, 0.05) is 13.1 Å². The average Bonchev–Trinajstić information content (AvgIpc) is 3.11. The summed E-state index contributed by atoms with van der Waals surface area (Å²) in [6, 6.07) is 5.39. The SMILES string of the molecule is CC(NC(=O)NCCCn1cncn1)c1ccc2c(c1)OCCO2. The van der Waals surface area contributed by atoms with Gasteiger partial charge in [-0.3, -0.25) is 4.68 Å². The molecule has 24 heavy (non-hydrogen) atoms. The summed E-state index contributed by atoms with van der Waals surface area (Å²) in [5.41, 5.74) is 0.969. The lowest BCUT2D eigenvalue weighted by Gasteiger charge is -2.21. The Morgan fingerprint density at radius 1 is 1.33 bits per heavy atom. The predicted octanol–water partition coefficient (Wildman–Crippen LogP) is 1.50. The number of hydrogen-bond acceptors (Lipinski definition) is 5. The van der Waals surface area contributed by atoms with E-state index in [4.69, 9.17) is 9.47 Å². The summed E-state index contributed by atoms with van der Waals surface area (Å²) in [6.07, 6.45) is 3.94. The van der Waals surface area contributed by atoms with E-state index in [1.165, 1.54) is 6.33 Å². The van der Waals surface area contributed by atoms with Gasteiger partial charge in [0.2, 0.25) is 0 Å². The van der Waals surface area contributed by atoms with Crippen molar-refractivity contribution in [3.63, 3.8) is 0 Å². The third-order valence-corrected chi connectivity index (χ3v) is 3.73. The van der Waals surface area contributed by atoms with E-state index < -0.39 is 0 Å². The largest absolute Gasteiger partial charge is 0.486 e. The Labute approximate surface area is 140 Å². The molecule has 1 aromatic heterocycles. The second kappa shape index (κ2) is 7.67. The monoisotopic (exact) mass is 331 g/mol. The number of amides is 2. The highest BCUT2D eigenvalue weighted by molar-refractivity contribution is 5.74. The zero-order valence-electron chi connectivity index (χ0n) is 13.6. The van der Waals surface area contributed by atoms with Crippen molar-refractivity contribution in [1.29, 1.82) is 0 Å². The molecule has 0 radical (unpaired) electrons. The van der Waals surface area contributed by atoms with Crippen LogP contribution in [0.1, 0.15) is 24.9 Å². The Kier molecular flexibility index (Phi) is 5.15. The van der Waals surface area contributed by atoms with Crippen LogP contribution in [0.3, 0.4) is 0 Å². The zero-order valence-corrected chi connectivity index (χ0v) is 13.6.